The lowest BCUT2D eigenvalue weighted by Crippen LogP contribution is -2.31. The molecule has 108 valence electrons. The summed E-state index contributed by atoms with van der Waals surface area (Å²) in [5.74, 6) is 0. The zero-order valence-electron chi connectivity index (χ0n) is 12.5. The SMILES string of the molecule is CCn1nc(C)c(Br)c1CN(C)C1CCCCCC1. The molecule has 1 aromatic heterocycles. The molecule has 2 rings (SSSR count). The summed E-state index contributed by atoms with van der Waals surface area (Å²) in [7, 11) is 2.27. The molecular formula is C15H26BrN3. The fraction of sp³-hybridized carbons (Fsp3) is 0.800. The van der Waals surface area contributed by atoms with Crippen LogP contribution >= 0.6 is 15.9 Å². The van der Waals surface area contributed by atoms with Gasteiger partial charge in [-0.2, -0.15) is 5.10 Å². The summed E-state index contributed by atoms with van der Waals surface area (Å²) < 4.78 is 3.32. The van der Waals surface area contributed by atoms with Gasteiger partial charge in [0.2, 0.25) is 0 Å². The Bertz CT molecular complexity index is 406. The molecule has 0 aliphatic heterocycles. The summed E-state index contributed by atoms with van der Waals surface area (Å²) in [6.45, 7) is 6.18. The first-order valence-electron chi connectivity index (χ1n) is 7.55. The van der Waals surface area contributed by atoms with Crippen LogP contribution in [0.4, 0.5) is 0 Å². The molecule has 0 spiro atoms. The molecule has 19 heavy (non-hydrogen) atoms. The largest absolute Gasteiger partial charge is 0.298 e. The number of aromatic nitrogens is 2. The maximum atomic E-state index is 4.59. The first-order chi connectivity index (χ1) is 9.13. The van der Waals surface area contributed by atoms with E-state index < -0.39 is 0 Å². The second-order valence-corrected chi connectivity index (χ2v) is 6.52. The molecule has 1 aliphatic carbocycles. The van der Waals surface area contributed by atoms with Gasteiger partial charge in [0.1, 0.15) is 0 Å². The van der Waals surface area contributed by atoms with E-state index in [1.165, 1.54) is 48.7 Å². The third kappa shape index (κ3) is 3.60. The Morgan fingerprint density at radius 2 is 1.89 bits per heavy atom. The minimum absolute atomic E-state index is 0.745. The van der Waals surface area contributed by atoms with Crippen LogP contribution in [0.5, 0.6) is 0 Å². The number of hydrogen-bond donors (Lipinski definition) is 0. The quantitative estimate of drug-likeness (QED) is 0.775. The van der Waals surface area contributed by atoms with E-state index in [1.807, 2.05) is 0 Å². The Hall–Kier alpha value is -0.350. The molecule has 0 bridgehead atoms. The van der Waals surface area contributed by atoms with Crippen molar-refractivity contribution >= 4 is 15.9 Å². The van der Waals surface area contributed by atoms with Gasteiger partial charge >= 0.3 is 0 Å². The van der Waals surface area contributed by atoms with Gasteiger partial charge in [0.05, 0.1) is 15.9 Å². The lowest BCUT2D eigenvalue weighted by atomic mass is 10.1. The van der Waals surface area contributed by atoms with Crippen molar-refractivity contribution in [1.82, 2.24) is 14.7 Å². The second kappa shape index (κ2) is 6.89. The normalized spacial score (nSPS) is 17.9. The molecular weight excluding hydrogens is 302 g/mol. The van der Waals surface area contributed by atoms with Crippen molar-refractivity contribution in [3.05, 3.63) is 15.9 Å². The van der Waals surface area contributed by atoms with Gasteiger partial charge in [-0.15, -0.1) is 0 Å². The summed E-state index contributed by atoms with van der Waals surface area (Å²) in [5, 5.41) is 4.59. The minimum atomic E-state index is 0.745. The topological polar surface area (TPSA) is 21.1 Å². The molecule has 0 radical (unpaired) electrons. The molecule has 1 fully saturated rings. The Kier molecular flexibility index (Phi) is 5.46. The van der Waals surface area contributed by atoms with Crippen molar-refractivity contribution < 1.29 is 0 Å². The lowest BCUT2D eigenvalue weighted by Gasteiger charge is -2.27. The predicted molar refractivity (Wildman–Crippen MR) is 83.3 cm³/mol. The van der Waals surface area contributed by atoms with Gasteiger partial charge < -0.3 is 0 Å². The molecule has 0 N–H and O–H groups in total. The van der Waals surface area contributed by atoms with Gasteiger partial charge in [0, 0.05) is 19.1 Å². The van der Waals surface area contributed by atoms with Gasteiger partial charge in [-0.3, -0.25) is 9.58 Å². The highest BCUT2D eigenvalue weighted by molar-refractivity contribution is 9.10. The summed E-state index contributed by atoms with van der Waals surface area (Å²) in [4.78, 5) is 2.53. The first kappa shape index (κ1) is 15.0. The van der Waals surface area contributed by atoms with Gasteiger partial charge in [0.25, 0.3) is 0 Å². The minimum Gasteiger partial charge on any atom is -0.298 e. The molecule has 4 heteroatoms. The Balaban J connectivity index is 2.07. The summed E-state index contributed by atoms with van der Waals surface area (Å²) in [5.41, 5.74) is 2.43. The van der Waals surface area contributed by atoms with E-state index in [0.29, 0.717) is 0 Å². The maximum absolute atomic E-state index is 4.59. The number of aryl methyl sites for hydroxylation is 2. The molecule has 0 aromatic carbocycles. The van der Waals surface area contributed by atoms with Crippen molar-refractivity contribution in [2.24, 2.45) is 0 Å². The van der Waals surface area contributed by atoms with E-state index in [9.17, 15) is 0 Å². The predicted octanol–water partition coefficient (Wildman–Crippen LogP) is 4.13. The molecule has 1 aliphatic rings. The molecule has 0 atom stereocenters. The van der Waals surface area contributed by atoms with Crippen LogP contribution in [0.3, 0.4) is 0 Å². The van der Waals surface area contributed by atoms with Crippen molar-refractivity contribution in [2.75, 3.05) is 7.05 Å². The molecule has 0 saturated heterocycles. The van der Waals surface area contributed by atoms with Crippen molar-refractivity contribution in [3.63, 3.8) is 0 Å². The summed E-state index contributed by atoms with van der Waals surface area (Å²) >= 11 is 3.70. The lowest BCUT2D eigenvalue weighted by molar-refractivity contribution is 0.207. The van der Waals surface area contributed by atoms with E-state index in [4.69, 9.17) is 0 Å². The number of nitrogens with zero attached hydrogens (tertiary/aromatic N) is 3. The second-order valence-electron chi connectivity index (χ2n) is 5.72. The number of rotatable bonds is 4. The highest BCUT2D eigenvalue weighted by Crippen LogP contribution is 2.26. The van der Waals surface area contributed by atoms with Crippen LogP contribution in [-0.4, -0.2) is 27.8 Å². The summed E-state index contributed by atoms with van der Waals surface area (Å²) in [6, 6.07) is 0.745. The smallest absolute Gasteiger partial charge is 0.0739 e. The van der Waals surface area contributed by atoms with Crippen LogP contribution in [0.15, 0.2) is 4.47 Å². The van der Waals surface area contributed by atoms with Crippen LogP contribution in [-0.2, 0) is 13.1 Å². The van der Waals surface area contributed by atoms with Crippen LogP contribution < -0.4 is 0 Å². The fourth-order valence-corrected chi connectivity index (χ4v) is 3.49. The average Bonchev–Trinajstić information content (AvgIpc) is 2.65. The van der Waals surface area contributed by atoms with Gasteiger partial charge in [-0.25, -0.2) is 0 Å². The van der Waals surface area contributed by atoms with Gasteiger partial charge in [-0.1, -0.05) is 25.7 Å². The Morgan fingerprint density at radius 1 is 1.26 bits per heavy atom. The van der Waals surface area contributed by atoms with Crippen molar-refractivity contribution in [2.45, 2.75) is 71.5 Å². The highest BCUT2D eigenvalue weighted by atomic mass is 79.9. The van der Waals surface area contributed by atoms with E-state index in [2.05, 4.69) is 51.5 Å². The van der Waals surface area contributed by atoms with Gasteiger partial charge in [-0.05, 0) is 49.7 Å². The Morgan fingerprint density at radius 3 is 2.47 bits per heavy atom. The van der Waals surface area contributed by atoms with Crippen molar-refractivity contribution in [1.29, 1.82) is 0 Å². The van der Waals surface area contributed by atoms with Crippen LogP contribution in [0.2, 0.25) is 0 Å². The molecule has 1 saturated carbocycles. The first-order valence-corrected chi connectivity index (χ1v) is 8.34. The zero-order chi connectivity index (χ0) is 13.8. The van der Waals surface area contributed by atoms with E-state index >= 15 is 0 Å². The third-order valence-electron chi connectivity index (χ3n) is 4.30. The molecule has 1 aromatic rings. The zero-order valence-corrected chi connectivity index (χ0v) is 14.0. The number of halogens is 1. The maximum Gasteiger partial charge on any atom is 0.0739 e. The van der Waals surface area contributed by atoms with E-state index in [1.54, 1.807) is 0 Å². The van der Waals surface area contributed by atoms with Crippen LogP contribution in [0.1, 0.15) is 56.8 Å². The average molecular weight is 328 g/mol. The standard InChI is InChI=1S/C15H26BrN3/c1-4-19-14(15(16)12(2)17-19)11-18(3)13-9-7-5-6-8-10-13/h13H,4-11H2,1-3H3. The van der Waals surface area contributed by atoms with E-state index in [-0.39, 0.29) is 0 Å². The molecule has 0 unspecified atom stereocenters. The highest BCUT2D eigenvalue weighted by Gasteiger charge is 2.20. The Labute approximate surface area is 125 Å². The fourth-order valence-electron chi connectivity index (χ4n) is 3.08. The van der Waals surface area contributed by atoms with E-state index in [0.717, 1.165) is 24.8 Å². The summed E-state index contributed by atoms with van der Waals surface area (Å²) in [6.07, 6.45) is 8.32. The van der Waals surface area contributed by atoms with Crippen molar-refractivity contribution in [3.8, 4) is 0 Å². The monoisotopic (exact) mass is 327 g/mol. The number of hydrogen-bond acceptors (Lipinski definition) is 2. The third-order valence-corrected chi connectivity index (χ3v) is 5.33. The molecule has 3 nitrogen and oxygen atoms in total. The molecule has 0 amide bonds. The van der Waals surface area contributed by atoms with Crippen LogP contribution in [0, 0.1) is 6.92 Å². The van der Waals surface area contributed by atoms with Crippen LogP contribution in [0.25, 0.3) is 0 Å². The molecule has 1 heterocycles. The van der Waals surface area contributed by atoms with Gasteiger partial charge in [0.15, 0.2) is 0 Å².